The summed E-state index contributed by atoms with van der Waals surface area (Å²) in [6, 6.07) is 5.00. The molecule has 1 aromatic rings. The van der Waals surface area contributed by atoms with E-state index in [4.69, 9.17) is 33.7 Å². The summed E-state index contributed by atoms with van der Waals surface area (Å²) in [5.41, 5.74) is 6.16. The van der Waals surface area contributed by atoms with Crippen molar-refractivity contribution in [2.24, 2.45) is 23.5 Å². The van der Waals surface area contributed by atoms with Crippen LogP contribution in [0.25, 0.3) is 0 Å². The third-order valence-electron chi connectivity index (χ3n) is 5.14. The Hall–Kier alpha value is -0.720. The van der Waals surface area contributed by atoms with Gasteiger partial charge in [0, 0.05) is 12.6 Å². The number of aliphatic hydroxyl groups is 1. The van der Waals surface area contributed by atoms with Gasteiger partial charge < -0.3 is 20.9 Å². The predicted octanol–water partition coefficient (Wildman–Crippen LogP) is 2.64. The Morgan fingerprint density at radius 1 is 1.36 bits per heavy atom. The molecule has 5 unspecified atom stereocenters. The van der Waals surface area contributed by atoms with Crippen LogP contribution in [0.1, 0.15) is 19.3 Å². The van der Waals surface area contributed by atoms with Gasteiger partial charge in [-0.3, -0.25) is 4.79 Å². The van der Waals surface area contributed by atoms with Crippen LogP contribution in [0.3, 0.4) is 0 Å². The molecule has 2 fully saturated rings. The third-order valence-corrected chi connectivity index (χ3v) is 5.94. The summed E-state index contributed by atoms with van der Waals surface area (Å²) in [6.45, 7) is 0.140. The Morgan fingerprint density at radius 3 is 2.76 bits per heavy atom. The van der Waals surface area contributed by atoms with Crippen LogP contribution in [0.5, 0.6) is 5.75 Å². The van der Waals surface area contributed by atoms with Crippen LogP contribution in [0.4, 0.5) is 0 Å². The fourth-order valence-corrected chi connectivity index (χ4v) is 4.25. The zero-order chi connectivity index (χ0) is 17.3. The number of hydrogen-bond acceptors (Lipinski definition) is 4. The summed E-state index contributed by atoms with van der Waals surface area (Å²) < 4.78 is 5.47. The molecule has 25 heavy (non-hydrogen) atoms. The standard InChI is InChI=1S/C17H22Cl2N2O3.ClH/c18-12-2-1-3-13(15(12)19)24-8-11(22)7-21-17(23)14-9-4-5-10(6-9)16(14)20;/h1-3,9-11,14,16,22H,4-8,20H2,(H,21,23);1H. The van der Waals surface area contributed by atoms with Crippen molar-refractivity contribution in [3.05, 3.63) is 28.2 Å². The van der Waals surface area contributed by atoms with Crippen LogP contribution in [-0.4, -0.2) is 36.3 Å². The van der Waals surface area contributed by atoms with Crippen molar-refractivity contribution < 1.29 is 14.6 Å². The lowest BCUT2D eigenvalue weighted by molar-refractivity contribution is -0.127. The first-order valence-electron chi connectivity index (χ1n) is 8.25. The van der Waals surface area contributed by atoms with Gasteiger partial charge in [0.25, 0.3) is 0 Å². The average Bonchev–Trinajstić information content (AvgIpc) is 3.15. The quantitative estimate of drug-likeness (QED) is 0.674. The van der Waals surface area contributed by atoms with Crippen LogP contribution in [-0.2, 0) is 4.79 Å². The normalized spacial score (nSPS) is 28.3. The van der Waals surface area contributed by atoms with Gasteiger partial charge in [-0.25, -0.2) is 0 Å². The van der Waals surface area contributed by atoms with E-state index in [1.807, 2.05) is 0 Å². The SMILES string of the molecule is Cl.NC1C2CCC(C2)C1C(=O)NCC(O)COc1cccc(Cl)c1Cl. The van der Waals surface area contributed by atoms with Crippen molar-refractivity contribution in [3.8, 4) is 5.75 Å². The topological polar surface area (TPSA) is 84.6 Å². The predicted molar refractivity (Wildman–Crippen MR) is 101 cm³/mol. The number of carbonyl (C=O) groups is 1. The highest BCUT2D eigenvalue weighted by Crippen LogP contribution is 2.47. The minimum atomic E-state index is -0.834. The Bertz CT molecular complexity index is 615. The number of hydrogen-bond donors (Lipinski definition) is 3. The number of amides is 1. The molecule has 140 valence electrons. The lowest BCUT2D eigenvalue weighted by Crippen LogP contribution is -2.47. The molecule has 3 rings (SSSR count). The van der Waals surface area contributed by atoms with Crippen molar-refractivity contribution >= 4 is 41.5 Å². The van der Waals surface area contributed by atoms with E-state index in [-0.39, 0.29) is 43.4 Å². The fraction of sp³-hybridized carbons (Fsp3) is 0.588. The van der Waals surface area contributed by atoms with Crippen LogP contribution < -0.4 is 15.8 Å². The van der Waals surface area contributed by atoms with E-state index in [0.717, 1.165) is 19.3 Å². The van der Waals surface area contributed by atoms with Gasteiger partial charge in [0.05, 0.1) is 10.9 Å². The lowest BCUT2D eigenvalue weighted by Gasteiger charge is -2.27. The number of rotatable bonds is 6. The number of carbonyl (C=O) groups excluding carboxylic acids is 1. The van der Waals surface area contributed by atoms with Crippen molar-refractivity contribution in [1.29, 1.82) is 0 Å². The van der Waals surface area contributed by atoms with Gasteiger partial charge in [-0.15, -0.1) is 12.4 Å². The van der Waals surface area contributed by atoms with Crippen molar-refractivity contribution in [1.82, 2.24) is 5.32 Å². The van der Waals surface area contributed by atoms with Gasteiger partial charge >= 0.3 is 0 Å². The maximum atomic E-state index is 12.3. The number of nitrogens with two attached hydrogens (primary N) is 1. The molecule has 2 aliphatic carbocycles. The number of aliphatic hydroxyl groups excluding tert-OH is 1. The van der Waals surface area contributed by atoms with E-state index in [0.29, 0.717) is 27.6 Å². The second-order valence-corrected chi connectivity index (χ2v) is 7.48. The molecule has 2 saturated carbocycles. The highest BCUT2D eigenvalue weighted by molar-refractivity contribution is 6.42. The van der Waals surface area contributed by atoms with E-state index in [9.17, 15) is 9.90 Å². The van der Waals surface area contributed by atoms with E-state index in [1.165, 1.54) is 0 Å². The average molecular weight is 410 g/mol. The fourth-order valence-electron chi connectivity index (χ4n) is 3.90. The molecule has 0 aromatic heterocycles. The zero-order valence-corrected chi connectivity index (χ0v) is 16.0. The smallest absolute Gasteiger partial charge is 0.225 e. The third kappa shape index (κ3) is 4.52. The molecule has 1 aromatic carbocycles. The number of benzene rings is 1. The van der Waals surface area contributed by atoms with E-state index in [2.05, 4.69) is 5.32 Å². The summed E-state index contributed by atoms with van der Waals surface area (Å²) in [6.07, 6.45) is 2.43. The summed E-state index contributed by atoms with van der Waals surface area (Å²) in [5.74, 6) is 1.09. The van der Waals surface area contributed by atoms with Crippen molar-refractivity contribution in [3.63, 3.8) is 0 Å². The van der Waals surface area contributed by atoms with Gasteiger partial charge in [0.1, 0.15) is 23.5 Å². The van der Waals surface area contributed by atoms with Crippen LogP contribution in [0.15, 0.2) is 18.2 Å². The summed E-state index contributed by atoms with van der Waals surface area (Å²) in [7, 11) is 0. The van der Waals surface area contributed by atoms with Gasteiger partial charge in [0.2, 0.25) is 5.91 Å². The molecule has 1 amide bonds. The summed E-state index contributed by atoms with van der Waals surface area (Å²) in [5, 5.41) is 13.5. The van der Waals surface area contributed by atoms with Gasteiger partial charge in [-0.2, -0.15) is 0 Å². The van der Waals surface area contributed by atoms with Crippen LogP contribution in [0, 0.1) is 17.8 Å². The largest absolute Gasteiger partial charge is 0.489 e. The highest BCUT2D eigenvalue weighted by Gasteiger charge is 2.48. The Labute approximate surface area is 163 Å². The molecule has 0 radical (unpaired) electrons. The number of nitrogens with one attached hydrogen (secondary N) is 1. The second-order valence-electron chi connectivity index (χ2n) is 6.70. The van der Waals surface area contributed by atoms with Crippen LogP contribution in [0.2, 0.25) is 10.0 Å². The first kappa shape index (κ1) is 20.6. The zero-order valence-electron chi connectivity index (χ0n) is 13.7. The monoisotopic (exact) mass is 408 g/mol. The molecule has 5 nitrogen and oxygen atoms in total. The van der Waals surface area contributed by atoms with Crippen molar-refractivity contribution in [2.45, 2.75) is 31.4 Å². The molecule has 0 aliphatic heterocycles. The number of halogens is 3. The number of fused-ring (bicyclic) bond motifs is 2. The van der Waals surface area contributed by atoms with E-state index in [1.54, 1.807) is 18.2 Å². The molecular formula is C17H23Cl3N2O3. The maximum Gasteiger partial charge on any atom is 0.225 e. The van der Waals surface area contributed by atoms with Gasteiger partial charge in [-0.1, -0.05) is 29.3 Å². The molecule has 5 atom stereocenters. The van der Waals surface area contributed by atoms with Crippen molar-refractivity contribution in [2.75, 3.05) is 13.2 Å². The molecule has 0 heterocycles. The first-order valence-corrected chi connectivity index (χ1v) is 9.01. The Kier molecular flexibility index (Phi) is 7.23. The summed E-state index contributed by atoms with van der Waals surface area (Å²) in [4.78, 5) is 12.3. The molecule has 2 aliphatic rings. The van der Waals surface area contributed by atoms with E-state index < -0.39 is 6.10 Å². The van der Waals surface area contributed by atoms with Gasteiger partial charge in [-0.05, 0) is 43.2 Å². The van der Waals surface area contributed by atoms with E-state index >= 15 is 0 Å². The molecule has 0 spiro atoms. The summed E-state index contributed by atoms with van der Waals surface area (Å²) >= 11 is 11.9. The lowest BCUT2D eigenvalue weighted by atomic mass is 9.84. The van der Waals surface area contributed by atoms with Gasteiger partial charge in [0.15, 0.2) is 0 Å². The molecule has 0 saturated heterocycles. The highest BCUT2D eigenvalue weighted by atomic mass is 35.5. The first-order chi connectivity index (χ1) is 11.5. The maximum absolute atomic E-state index is 12.3. The minimum Gasteiger partial charge on any atom is -0.489 e. The number of ether oxygens (including phenoxy) is 1. The Balaban J connectivity index is 0.00000225. The minimum absolute atomic E-state index is 0. The second kappa shape index (κ2) is 8.78. The van der Waals surface area contributed by atoms with Crippen LogP contribution >= 0.6 is 35.6 Å². The molecule has 2 bridgehead atoms. The molecular weight excluding hydrogens is 387 g/mol. The Morgan fingerprint density at radius 2 is 2.08 bits per heavy atom. The molecule has 4 N–H and O–H groups in total. The molecule has 8 heteroatoms.